The Balaban J connectivity index is 4.49. The van der Waals surface area contributed by atoms with E-state index >= 15 is 0 Å². The van der Waals surface area contributed by atoms with E-state index in [0.29, 0.717) is 0 Å². The van der Waals surface area contributed by atoms with Gasteiger partial charge in [0.1, 0.15) is 5.28 Å². The second kappa shape index (κ2) is 4.65. The molecule has 0 atom stereocenters. The van der Waals surface area contributed by atoms with Gasteiger partial charge in [-0.15, -0.1) is 0 Å². The zero-order chi connectivity index (χ0) is 11.4. The maximum absolute atomic E-state index is 8.15. The molecule has 14 heavy (non-hydrogen) atoms. The molecule has 6 nitrogen and oxygen atoms in total. The second-order valence-electron chi connectivity index (χ2n) is 4.88. The third-order valence-corrected chi connectivity index (χ3v) is 2.32. The van der Waals surface area contributed by atoms with E-state index in [-0.39, 0.29) is 5.60 Å². The molecule has 0 heterocycles. The smallest absolute Gasteiger partial charge is 0.204 e. The highest BCUT2D eigenvalue weighted by Crippen LogP contribution is 2.18. The van der Waals surface area contributed by atoms with Gasteiger partial charge in [-0.3, -0.25) is 4.84 Å². The van der Waals surface area contributed by atoms with E-state index in [1.807, 2.05) is 40.4 Å². The lowest BCUT2D eigenvalue weighted by Crippen LogP contribution is -2.48. The molecule has 0 aromatic carbocycles. The molecule has 0 aliphatic heterocycles. The Hall–Kier alpha value is -0.753. The van der Waals surface area contributed by atoms with Crippen LogP contribution < -0.4 is 0 Å². The zero-order valence-corrected chi connectivity index (χ0v) is 10.6. The molecule has 0 unspecified atom stereocenters. The fraction of sp³-hybridized carbons (Fsp3) is 1.00. The Morgan fingerprint density at radius 2 is 1.79 bits per heavy atom. The molecule has 0 spiro atoms. The second-order valence-corrected chi connectivity index (χ2v) is 9.59. The highest BCUT2D eigenvalue weighted by Gasteiger charge is 2.31. The standard InChI is InChI=1S/C7H18N4O2Si/c1-7(2,3)12-11(13-10-9-8)14(4,5)6/h1-6H3. The zero-order valence-electron chi connectivity index (χ0n) is 9.61. The summed E-state index contributed by atoms with van der Waals surface area (Å²) in [5, 5.41) is 3.04. The van der Waals surface area contributed by atoms with Crippen LogP contribution in [0.4, 0.5) is 0 Å². The number of hydrogen-bond donors (Lipinski definition) is 0. The summed E-state index contributed by atoms with van der Waals surface area (Å²) in [4.78, 5) is 14.2. The summed E-state index contributed by atoms with van der Waals surface area (Å²) in [6.45, 7) is 11.8. The van der Waals surface area contributed by atoms with Crippen LogP contribution in [0.15, 0.2) is 5.28 Å². The lowest BCUT2D eigenvalue weighted by Gasteiger charge is -2.34. The van der Waals surface area contributed by atoms with Crippen molar-refractivity contribution in [1.82, 2.24) is 4.89 Å². The van der Waals surface area contributed by atoms with Gasteiger partial charge < -0.3 is 4.94 Å². The normalized spacial score (nSPS) is 12.5. The van der Waals surface area contributed by atoms with Crippen LogP contribution in [0.5, 0.6) is 0 Å². The van der Waals surface area contributed by atoms with E-state index in [9.17, 15) is 0 Å². The van der Waals surface area contributed by atoms with Crippen LogP contribution in [0.3, 0.4) is 0 Å². The summed E-state index contributed by atoms with van der Waals surface area (Å²) in [6, 6.07) is 0. The molecule has 0 fully saturated rings. The molecule has 7 heteroatoms. The summed E-state index contributed by atoms with van der Waals surface area (Å²) < 4.78 is 0. The Kier molecular flexibility index (Phi) is 4.40. The molecular weight excluding hydrogens is 200 g/mol. The minimum absolute atomic E-state index is 0.370. The van der Waals surface area contributed by atoms with E-state index in [0.717, 1.165) is 0 Å². The molecule has 0 amide bonds. The molecule has 0 aliphatic carbocycles. The van der Waals surface area contributed by atoms with Crippen molar-refractivity contribution < 1.29 is 9.78 Å². The molecule has 0 aromatic heterocycles. The van der Waals surface area contributed by atoms with E-state index in [2.05, 4.69) is 10.2 Å². The molecule has 0 rings (SSSR count). The first-order valence-electron chi connectivity index (χ1n) is 4.38. The maximum Gasteiger partial charge on any atom is 0.204 e. The topological polar surface area (TPSA) is 70.5 Å². The largest absolute Gasteiger partial charge is 0.316 e. The van der Waals surface area contributed by atoms with Crippen molar-refractivity contribution in [2.45, 2.75) is 46.0 Å². The molecule has 0 bridgehead atoms. The SMILES string of the molecule is CC(C)(C)ON(ON=[N+]=[N-])[Si](C)(C)C. The van der Waals surface area contributed by atoms with Gasteiger partial charge in [0, 0.05) is 4.91 Å². The Labute approximate surface area is 85.4 Å². The van der Waals surface area contributed by atoms with Crippen molar-refractivity contribution in [3.63, 3.8) is 0 Å². The lowest BCUT2D eigenvalue weighted by molar-refractivity contribution is -0.353. The van der Waals surface area contributed by atoms with Crippen LogP contribution in [0.25, 0.3) is 10.4 Å². The molecule has 0 saturated carbocycles. The van der Waals surface area contributed by atoms with Gasteiger partial charge in [0.15, 0.2) is 0 Å². The highest BCUT2D eigenvalue weighted by molar-refractivity contribution is 6.72. The van der Waals surface area contributed by atoms with Crippen molar-refractivity contribution in [1.29, 1.82) is 0 Å². The van der Waals surface area contributed by atoms with Crippen LogP contribution >= 0.6 is 0 Å². The maximum atomic E-state index is 8.15. The van der Waals surface area contributed by atoms with Crippen LogP contribution in [0.1, 0.15) is 20.8 Å². The van der Waals surface area contributed by atoms with Gasteiger partial charge in [-0.25, -0.2) is 0 Å². The van der Waals surface area contributed by atoms with E-state index in [1.54, 1.807) is 0 Å². The molecule has 0 saturated heterocycles. The summed E-state index contributed by atoms with van der Waals surface area (Å²) >= 11 is 0. The fourth-order valence-corrected chi connectivity index (χ4v) is 1.40. The third-order valence-electron chi connectivity index (χ3n) is 1.05. The minimum atomic E-state index is -1.81. The van der Waals surface area contributed by atoms with Crippen molar-refractivity contribution in [3.8, 4) is 0 Å². The molecule has 0 aromatic rings. The minimum Gasteiger partial charge on any atom is -0.316 e. The van der Waals surface area contributed by atoms with Gasteiger partial charge in [-0.1, -0.05) is 19.6 Å². The first kappa shape index (κ1) is 13.2. The number of azide groups is 1. The van der Waals surface area contributed by atoms with Crippen molar-refractivity contribution >= 4 is 8.24 Å². The van der Waals surface area contributed by atoms with Gasteiger partial charge in [0.2, 0.25) is 8.24 Å². The average molecular weight is 218 g/mol. The van der Waals surface area contributed by atoms with Crippen molar-refractivity contribution in [2.75, 3.05) is 0 Å². The summed E-state index contributed by atoms with van der Waals surface area (Å²) in [6.07, 6.45) is 0. The molecule has 0 N–H and O–H groups in total. The highest BCUT2D eigenvalue weighted by atomic mass is 28.3. The summed E-state index contributed by atoms with van der Waals surface area (Å²) in [5.74, 6) is 0. The molecular formula is C7H18N4O2Si. The van der Waals surface area contributed by atoms with Gasteiger partial charge in [-0.2, -0.15) is 0 Å². The van der Waals surface area contributed by atoms with Gasteiger partial charge in [0.05, 0.1) is 5.60 Å². The summed E-state index contributed by atoms with van der Waals surface area (Å²) in [5.41, 5.74) is 7.78. The van der Waals surface area contributed by atoms with Crippen molar-refractivity contribution in [2.24, 2.45) is 5.28 Å². The predicted octanol–water partition coefficient (Wildman–Crippen LogP) is 3.01. The quantitative estimate of drug-likeness (QED) is 0.239. The van der Waals surface area contributed by atoms with E-state index < -0.39 is 8.24 Å². The molecule has 82 valence electrons. The summed E-state index contributed by atoms with van der Waals surface area (Å²) in [7, 11) is -1.81. The third kappa shape index (κ3) is 5.82. The van der Waals surface area contributed by atoms with Crippen molar-refractivity contribution in [3.05, 3.63) is 10.4 Å². The monoisotopic (exact) mass is 218 g/mol. The number of hydrogen-bond acceptors (Lipinski definition) is 4. The van der Waals surface area contributed by atoms with Crippen LogP contribution in [0, 0.1) is 0 Å². The van der Waals surface area contributed by atoms with E-state index in [1.165, 1.54) is 4.89 Å². The lowest BCUT2D eigenvalue weighted by atomic mass is 10.2. The Morgan fingerprint density at radius 3 is 2.07 bits per heavy atom. The first-order valence-corrected chi connectivity index (χ1v) is 7.82. The number of rotatable bonds is 4. The number of nitrogens with zero attached hydrogens (tertiary/aromatic N) is 4. The average Bonchev–Trinajstić information content (AvgIpc) is 1.93. The van der Waals surface area contributed by atoms with Crippen LogP contribution in [-0.2, 0) is 9.78 Å². The van der Waals surface area contributed by atoms with E-state index in [4.69, 9.17) is 15.3 Å². The van der Waals surface area contributed by atoms with Crippen LogP contribution in [-0.4, -0.2) is 18.7 Å². The Morgan fingerprint density at radius 1 is 1.29 bits per heavy atom. The first-order chi connectivity index (χ1) is 6.17. The van der Waals surface area contributed by atoms with Gasteiger partial charge in [-0.05, 0) is 31.2 Å². The molecule has 0 aliphatic rings. The predicted molar refractivity (Wildman–Crippen MR) is 56.3 cm³/mol. The Bertz CT molecular complexity index is 227. The molecule has 0 radical (unpaired) electrons. The van der Waals surface area contributed by atoms with Gasteiger partial charge >= 0.3 is 0 Å². The van der Waals surface area contributed by atoms with Crippen LogP contribution in [0.2, 0.25) is 19.6 Å². The van der Waals surface area contributed by atoms with Gasteiger partial charge in [0.25, 0.3) is 0 Å². The fourth-order valence-electron chi connectivity index (χ4n) is 0.574.